The van der Waals surface area contributed by atoms with Crippen molar-refractivity contribution in [3.8, 4) is 5.75 Å². The van der Waals surface area contributed by atoms with Gasteiger partial charge in [0.25, 0.3) is 11.8 Å². The summed E-state index contributed by atoms with van der Waals surface area (Å²) in [5, 5.41) is 6.16. The minimum absolute atomic E-state index is 0.253. The Kier molecular flexibility index (Phi) is 8.15. The van der Waals surface area contributed by atoms with E-state index in [4.69, 9.17) is 27.9 Å². The molecule has 1 unspecified atom stereocenters. The molecule has 0 saturated heterocycles. The van der Waals surface area contributed by atoms with Gasteiger partial charge in [-0.05, 0) is 48.7 Å². The molecule has 2 aromatic rings. The third-order valence-electron chi connectivity index (χ3n) is 4.11. The van der Waals surface area contributed by atoms with Gasteiger partial charge >= 0.3 is 0 Å². The molecule has 2 amide bonds. The van der Waals surface area contributed by atoms with Crippen LogP contribution in [0.15, 0.2) is 42.5 Å². The van der Waals surface area contributed by atoms with Crippen LogP contribution >= 0.6 is 23.2 Å². The molecule has 0 aromatic heterocycles. The number of nitrogens with one attached hydrogen (secondary N) is 2. The Hall–Kier alpha value is -2.24. The van der Waals surface area contributed by atoms with Crippen LogP contribution in [0, 0.1) is 0 Å². The van der Waals surface area contributed by atoms with Gasteiger partial charge in [-0.3, -0.25) is 9.59 Å². The van der Waals surface area contributed by atoms with Crippen molar-refractivity contribution in [2.45, 2.75) is 32.8 Å². The number of hydrogen-bond acceptors (Lipinski definition) is 3. The van der Waals surface area contributed by atoms with Gasteiger partial charge in [0, 0.05) is 18.1 Å². The SMILES string of the molecule is CC(Oc1ccc(C(C)C)cc1)C(=O)NCCNC(=O)c1cc(Cl)ccc1Cl. The molecule has 0 radical (unpaired) electrons. The van der Waals surface area contributed by atoms with Crippen molar-refractivity contribution in [2.24, 2.45) is 0 Å². The molecule has 5 nitrogen and oxygen atoms in total. The molecule has 150 valence electrons. The Morgan fingerprint density at radius 3 is 2.25 bits per heavy atom. The summed E-state index contributed by atoms with van der Waals surface area (Å²) >= 11 is 11.9. The number of carbonyl (C=O) groups excluding carboxylic acids is 2. The van der Waals surface area contributed by atoms with Crippen molar-refractivity contribution < 1.29 is 14.3 Å². The van der Waals surface area contributed by atoms with Crippen molar-refractivity contribution in [3.05, 3.63) is 63.6 Å². The fraction of sp³-hybridized carbons (Fsp3) is 0.333. The number of carbonyl (C=O) groups is 2. The van der Waals surface area contributed by atoms with Crippen LogP contribution in [0.3, 0.4) is 0 Å². The second-order valence-electron chi connectivity index (χ2n) is 6.65. The first-order chi connectivity index (χ1) is 13.3. The van der Waals surface area contributed by atoms with E-state index in [-0.39, 0.29) is 24.9 Å². The third-order valence-corrected chi connectivity index (χ3v) is 4.68. The summed E-state index contributed by atoms with van der Waals surface area (Å²) in [6, 6.07) is 12.4. The minimum atomic E-state index is -0.650. The van der Waals surface area contributed by atoms with E-state index in [1.807, 2.05) is 24.3 Å². The van der Waals surface area contributed by atoms with E-state index in [0.29, 0.717) is 27.3 Å². The summed E-state index contributed by atoms with van der Waals surface area (Å²) in [5.41, 5.74) is 1.50. The lowest BCUT2D eigenvalue weighted by Gasteiger charge is -2.15. The topological polar surface area (TPSA) is 67.4 Å². The van der Waals surface area contributed by atoms with Crippen LogP contribution in [0.2, 0.25) is 10.0 Å². The van der Waals surface area contributed by atoms with E-state index >= 15 is 0 Å². The second kappa shape index (κ2) is 10.3. The maximum atomic E-state index is 12.1. The van der Waals surface area contributed by atoms with E-state index in [1.54, 1.807) is 19.1 Å². The van der Waals surface area contributed by atoms with Gasteiger partial charge in [0.2, 0.25) is 0 Å². The molecule has 0 spiro atoms. The van der Waals surface area contributed by atoms with Crippen molar-refractivity contribution in [2.75, 3.05) is 13.1 Å². The highest BCUT2D eigenvalue weighted by atomic mass is 35.5. The summed E-state index contributed by atoms with van der Waals surface area (Å²) in [6.45, 7) is 6.43. The molecule has 2 rings (SSSR count). The third kappa shape index (κ3) is 6.43. The Morgan fingerprint density at radius 1 is 0.964 bits per heavy atom. The summed E-state index contributed by atoms with van der Waals surface area (Å²) in [6.07, 6.45) is -0.650. The molecular weight excluding hydrogens is 399 g/mol. The molecule has 2 aromatic carbocycles. The van der Waals surface area contributed by atoms with E-state index in [9.17, 15) is 9.59 Å². The van der Waals surface area contributed by atoms with Gasteiger partial charge in [-0.25, -0.2) is 0 Å². The molecule has 0 saturated carbocycles. The smallest absolute Gasteiger partial charge is 0.260 e. The van der Waals surface area contributed by atoms with Gasteiger partial charge in [0.1, 0.15) is 5.75 Å². The van der Waals surface area contributed by atoms with Crippen LogP contribution in [-0.4, -0.2) is 31.0 Å². The predicted molar refractivity (Wildman–Crippen MR) is 112 cm³/mol. The van der Waals surface area contributed by atoms with Gasteiger partial charge in [-0.2, -0.15) is 0 Å². The van der Waals surface area contributed by atoms with Gasteiger partial charge < -0.3 is 15.4 Å². The highest BCUT2D eigenvalue weighted by molar-refractivity contribution is 6.35. The van der Waals surface area contributed by atoms with Crippen molar-refractivity contribution >= 4 is 35.0 Å². The number of rotatable bonds is 8. The van der Waals surface area contributed by atoms with Crippen LogP contribution < -0.4 is 15.4 Å². The Labute approximate surface area is 175 Å². The fourth-order valence-corrected chi connectivity index (χ4v) is 2.84. The number of ether oxygens (including phenoxy) is 1. The maximum absolute atomic E-state index is 12.1. The van der Waals surface area contributed by atoms with E-state index in [2.05, 4.69) is 24.5 Å². The Bertz CT molecular complexity index is 823. The number of hydrogen-bond donors (Lipinski definition) is 2. The number of amides is 2. The molecule has 0 heterocycles. The molecule has 1 atom stereocenters. The van der Waals surface area contributed by atoms with Crippen molar-refractivity contribution in [1.82, 2.24) is 10.6 Å². The Morgan fingerprint density at radius 2 is 1.61 bits per heavy atom. The molecule has 7 heteroatoms. The lowest BCUT2D eigenvalue weighted by Crippen LogP contribution is -2.40. The summed E-state index contributed by atoms with van der Waals surface area (Å²) in [4.78, 5) is 24.3. The van der Waals surface area contributed by atoms with Crippen molar-refractivity contribution in [1.29, 1.82) is 0 Å². The molecule has 0 fully saturated rings. The zero-order valence-electron chi connectivity index (χ0n) is 16.1. The molecule has 0 bridgehead atoms. The van der Waals surface area contributed by atoms with E-state index in [0.717, 1.165) is 0 Å². The highest BCUT2D eigenvalue weighted by Gasteiger charge is 2.15. The maximum Gasteiger partial charge on any atom is 0.260 e. The first kappa shape index (κ1) is 22.1. The van der Waals surface area contributed by atoms with Crippen LogP contribution in [0.25, 0.3) is 0 Å². The normalized spacial score (nSPS) is 11.8. The molecule has 0 aliphatic carbocycles. The van der Waals surface area contributed by atoms with Crippen LogP contribution in [0.1, 0.15) is 42.6 Å². The van der Waals surface area contributed by atoms with Gasteiger partial charge in [0.05, 0.1) is 10.6 Å². The monoisotopic (exact) mass is 422 g/mol. The zero-order valence-corrected chi connectivity index (χ0v) is 17.6. The Balaban J connectivity index is 1.75. The van der Waals surface area contributed by atoms with E-state index in [1.165, 1.54) is 11.6 Å². The fourth-order valence-electron chi connectivity index (χ4n) is 2.46. The summed E-state index contributed by atoms with van der Waals surface area (Å²) in [5.74, 6) is 0.460. The number of benzene rings is 2. The molecule has 0 aliphatic heterocycles. The average Bonchev–Trinajstić information content (AvgIpc) is 2.67. The predicted octanol–water partition coefficient (Wildman–Crippen LogP) is 4.43. The van der Waals surface area contributed by atoms with Crippen LogP contribution in [0.5, 0.6) is 5.75 Å². The standard InChI is InChI=1S/C21H24Cl2N2O3/c1-13(2)15-4-7-17(8-5-15)28-14(3)20(26)24-10-11-25-21(27)18-12-16(22)6-9-19(18)23/h4-9,12-14H,10-11H2,1-3H3,(H,24,26)(H,25,27). The minimum Gasteiger partial charge on any atom is -0.481 e. The molecule has 2 N–H and O–H groups in total. The lowest BCUT2D eigenvalue weighted by molar-refractivity contribution is -0.127. The van der Waals surface area contributed by atoms with Gasteiger partial charge in [0.15, 0.2) is 6.10 Å². The largest absolute Gasteiger partial charge is 0.481 e. The summed E-state index contributed by atoms with van der Waals surface area (Å²) in [7, 11) is 0. The molecular formula is C21H24Cl2N2O3. The van der Waals surface area contributed by atoms with Gasteiger partial charge in [-0.1, -0.05) is 49.2 Å². The van der Waals surface area contributed by atoms with Crippen LogP contribution in [-0.2, 0) is 4.79 Å². The molecule has 0 aliphatic rings. The van der Waals surface area contributed by atoms with Crippen LogP contribution in [0.4, 0.5) is 0 Å². The quantitative estimate of drug-likeness (QED) is 0.618. The summed E-state index contributed by atoms with van der Waals surface area (Å²) < 4.78 is 5.66. The lowest BCUT2D eigenvalue weighted by atomic mass is 10.0. The first-order valence-corrected chi connectivity index (χ1v) is 9.81. The number of halogens is 2. The van der Waals surface area contributed by atoms with Crippen molar-refractivity contribution in [3.63, 3.8) is 0 Å². The highest BCUT2D eigenvalue weighted by Crippen LogP contribution is 2.21. The van der Waals surface area contributed by atoms with E-state index < -0.39 is 6.10 Å². The first-order valence-electron chi connectivity index (χ1n) is 9.05. The van der Waals surface area contributed by atoms with Gasteiger partial charge in [-0.15, -0.1) is 0 Å². The molecule has 28 heavy (non-hydrogen) atoms. The average molecular weight is 423 g/mol. The zero-order chi connectivity index (χ0) is 20.7. The second-order valence-corrected chi connectivity index (χ2v) is 7.50.